The van der Waals surface area contributed by atoms with Crippen molar-refractivity contribution in [2.24, 2.45) is 0 Å². The van der Waals surface area contributed by atoms with Crippen molar-refractivity contribution in [2.45, 2.75) is 20.3 Å². The number of carbonyl (C=O) groups excluding carboxylic acids is 1. The Balaban J connectivity index is 2.21. The van der Waals surface area contributed by atoms with Gasteiger partial charge in [0.2, 0.25) is 0 Å². The Morgan fingerprint density at radius 2 is 1.95 bits per heavy atom. The van der Waals surface area contributed by atoms with Crippen LogP contribution in [0, 0.1) is 0 Å². The van der Waals surface area contributed by atoms with Crippen LogP contribution in [0.3, 0.4) is 0 Å². The summed E-state index contributed by atoms with van der Waals surface area (Å²) in [5, 5.41) is 3.28. The van der Waals surface area contributed by atoms with Crippen LogP contribution in [0.4, 0.5) is 11.4 Å². The van der Waals surface area contributed by atoms with Crippen LogP contribution in [0.2, 0.25) is 0 Å². The smallest absolute Gasteiger partial charge is 0.276 e. The Bertz CT molecular complexity index is 584. The minimum atomic E-state index is -0.0798. The number of anilines is 2. The van der Waals surface area contributed by atoms with Crippen molar-refractivity contribution in [1.82, 2.24) is 4.98 Å². The third-order valence-electron chi connectivity index (χ3n) is 3.19. The third-order valence-corrected chi connectivity index (χ3v) is 3.19. The normalized spacial score (nSPS) is 10.2. The molecule has 2 aromatic rings. The highest BCUT2D eigenvalue weighted by molar-refractivity contribution is 6.05. The maximum atomic E-state index is 12.6. The van der Waals surface area contributed by atoms with Crippen LogP contribution in [-0.2, 0) is 0 Å². The second-order valence-electron chi connectivity index (χ2n) is 4.74. The Morgan fingerprint density at radius 1 is 1.19 bits per heavy atom. The summed E-state index contributed by atoms with van der Waals surface area (Å²) in [6.45, 7) is 5.56. The molecule has 1 aromatic carbocycles. The van der Waals surface area contributed by atoms with Crippen molar-refractivity contribution in [3.05, 3.63) is 54.4 Å². The van der Waals surface area contributed by atoms with Gasteiger partial charge in [-0.1, -0.05) is 25.1 Å². The van der Waals surface area contributed by atoms with Gasteiger partial charge in [0.1, 0.15) is 5.69 Å². The second kappa shape index (κ2) is 7.43. The number of hydrogen-bond acceptors (Lipinski definition) is 3. The molecular weight excluding hydrogens is 262 g/mol. The molecule has 0 aliphatic carbocycles. The minimum Gasteiger partial charge on any atom is -0.385 e. The van der Waals surface area contributed by atoms with E-state index in [1.54, 1.807) is 11.1 Å². The molecule has 21 heavy (non-hydrogen) atoms. The van der Waals surface area contributed by atoms with Crippen LogP contribution in [0.1, 0.15) is 30.8 Å². The lowest BCUT2D eigenvalue weighted by atomic mass is 10.2. The van der Waals surface area contributed by atoms with E-state index in [0.29, 0.717) is 12.2 Å². The minimum absolute atomic E-state index is 0.0798. The molecule has 1 heterocycles. The van der Waals surface area contributed by atoms with Gasteiger partial charge in [0, 0.05) is 30.7 Å². The highest BCUT2D eigenvalue weighted by Crippen LogP contribution is 2.17. The summed E-state index contributed by atoms with van der Waals surface area (Å²) in [4.78, 5) is 18.6. The lowest BCUT2D eigenvalue weighted by molar-refractivity contribution is 0.0983. The molecule has 1 amide bonds. The number of nitrogens with one attached hydrogen (secondary N) is 1. The van der Waals surface area contributed by atoms with Crippen molar-refractivity contribution >= 4 is 17.3 Å². The number of rotatable bonds is 6. The number of aromatic nitrogens is 1. The zero-order chi connectivity index (χ0) is 15.1. The fourth-order valence-corrected chi connectivity index (χ4v) is 2.12. The molecule has 0 unspecified atom stereocenters. The van der Waals surface area contributed by atoms with E-state index < -0.39 is 0 Å². The Kier molecular flexibility index (Phi) is 5.32. The van der Waals surface area contributed by atoms with Crippen LogP contribution in [0.15, 0.2) is 48.7 Å². The molecular formula is C17H21N3O. The first kappa shape index (κ1) is 15.0. The van der Waals surface area contributed by atoms with Gasteiger partial charge in [-0.25, -0.2) is 0 Å². The number of amides is 1. The predicted molar refractivity (Wildman–Crippen MR) is 86.8 cm³/mol. The van der Waals surface area contributed by atoms with Crippen LogP contribution in [-0.4, -0.2) is 24.0 Å². The van der Waals surface area contributed by atoms with E-state index in [9.17, 15) is 4.79 Å². The lowest BCUT2D eigenvalue weighted by Gasteiger charge is -2.20. The molecule has 4 nitrogen and oxygen atoms in total. The average molecular weight is 283 g/mol. The summed E-state index contributed by atoms with van der Waals surface area (Å²) in [7, 11) is 0. The van der Waals surface area contributed by atoms with E-state index >= 15 is 0 Å². The number of carbonyl (C=O) groups is 1. The van der Waals surface area contributed by atoms with E-state index in [4.69, 9.17) is 0 Å². The van der Waals surface area contributed by atoms with E-state index in [1.165, 1.54) is 0 Å². The highest BCUT2D eigenvalue weighted by Gasteiger charge is 2.17. The Hall–Kier alpha value is -2.36. The number of para-hydroxylation sites is 1. The van der Waals surface area contributed by atoms with E-state index in [2.05, 4.69) is 17.2 Å². The van der Waals surface area contributed by atoms with Crippen LogP contribution >= 0.6 is 0 Å². The molecule has 0 atom stereocenters. The molecule has 0 saturated heterocycles. The summed E-state index contributed by atoms with van der Waals surface area (Å²) in [6.07, 6.45) is 2.71. The van der Waals surface area contributed by atoms with Crippen LogP contribution in [0.25, 0.3) is 0 Å². The fourth-order valence-electron chi connectivity index (χ4n) is 2.12. The lowest BCUT2D eigenvalue weighted by Crippen LogP contribution is -2.31. The zero-order valence-corrected chi connectivity index (χ0v) is 12.5. The van der Waals surface area contributed by atoms with Gasteiger partial charge < -0.3 is 10.2 Å². The number of pyridine rings is 1. The van der Waals surface area contributed by atoms with Crippen molar-refractivity contribution < 1.29 is 4.79 Å². The van der Waals surface area contributed by atoms with Crippen molar-refractivity contribution in [2.75, 3.05) is 23.3 Å². The number of hydrogen-bond donors (Lipinski definition) is 1. The molecule has 0 bridgehead atoms. The van der Waals surface area contributed by atoms with Gasteiger partial charge in [-0.15, -0.1) is 0 Å². The van der Waals surface area contributed by atoms with Crippen LogP contribution < -0.4 is 10.2 Å². The monoisotopic (exact) mass is 283 g/mol. The molecule has 1 N–H and O–H groups in total. The molecule has 110 valence electrons. The van der Waals surface area contributed by atoms with Gasteiger partial charge in [0.25, 0.3) is 5.91 Å². The van der Waals surface area contributed by atoms with E-state index in [0.717, 1.165) is 24.3 Å². The number of nitrogens with zero attached hydrogens (tertiary/aromatic N) is 2. The molecule has 0 spiro atoms. The summed E-state index contributed by atoms with van der Waals surface area (Å²) >= 11 is 0. The number of benzene rings is 1. The molecule has 0 aliphatic rings. The molecule has 0 saturated carbocycles. The SMILES string of the molecule is CCCNc1ccnc(C(=O)N(CC)c2ccccc2)c1. The summed E-state index contributed by atoms with van der Waals surface area (Å²) in [6, 6.07) is 13.3. The van der Waals surface area contributed by atoms with Gasteiger partial charge in [-0.2, -0.15) is 0 Å². The fraction of sp³-hybridized carbons (Fsp3) is 0.294. The predicted octanol–water partition coefficient (Wildman–Crippen LogP) is 3.57. The summed E-state index contributed by atoms with van der Waals surface area (Å²) in [5.74, 6) is -0.0798. The average Bonchev–Trinajstić information content (AvgIpc) is 2.55. The molecule has 0 radical (unpaired) electrons. The summed E-state index contributed by atoms with van der Waals surface area (Å²) < 4.78 is 0. The van der Waals surface area contributed by atoms with Gasteiger partial charge in [0.05, 0.1) is 0 Å². The van der Waals surface area contributed by atoms with E-state index in [-0.39, 0.29) is 5.91 Å². The first-order chi connectivity index (χ1) is 10.3. The molecule has 4 heteroatoms. The molecule has 1 aromatic heterocycles. The van der Waals surface area contributed by atoms with Crippen molar-refractivity contribution in [3.63, 3.8) is 0 Å². The van der Waals surface area contributed by atoms with Crippen LogP contribution in [0.5, 0.6) is 0 Å². The summed E-state index contributed by atoms with van der Waals surface area (Å²) in [5.41, 5.74) is 2.28. The standard InChI is InChI=1S/C17H21N3O/c1-3-11-18-14-10-12-19-16(13-14)17(21)20(4-2)15-8-6-5-7-9-15/h5-10,12-13H,3-4,11H2,1-2H3,(H,18,19). The quantitative estimate of drug-likeness (QED) is 0.881. The van der Waals surface area contributed by atoms with Gasteiger partial charge in [-0.05, 0) is 37.6 Å². The van der Waals surface area contributed by atoms with Gasteiger partial charge in [-0.3, -0.25) is 9.78 Å². The van der Waals surface area contributed by atoms with E-state index in [1.807, 2.05) is 49.4 Å². The zero-order valence-electron chi connectivity index (χ0n) is 12.5. The molecule has 2 rings (SSSR count). The maximum absolute atomic E-state index is 12.6. The Labute approximate surface area is 125 Å². The highest BCUT2D eigenvalue weighted by atomic mass is 16.2. The van der Waals surface area contributed by atoms with Gasteiger partial charge in [0.15, 0.2) is 0 Å². The molecule has 0 fully saturated rings. The van der Waals surface area contributed by atoms with Crippen molar-refractivity contribution in [1.29, 1.82) is 0 Å². The third kappa shape index (κ3) is 3.81. The largest absolute Gasteiger partial charge is 0.385 e. The van der Waals surface area contributed by atoms with Gasteiger partial charge >= 0.3 is 0 Å². The topological polar surface area (TPSA) is 45.2 Å². The first-order valence-corrected chi connectivity index (χ1v) is 7.33. The first-order valence-electron chi connectivity index (χ1n) is 7.33. The second-order valence-corrected chi connectivity index (χ2v) is 4.74. The maximum Gasteiger partial charge on any atom is 0.276 e. The molecule has 0 aliphatic heterocycles. The van der Waals surface area contributed by atoms with Crippen molar-refractivity contribution in [3.8, 4) is 0 Å². The Morgan fingerprint density at radius 3 is 2.62 bits per heavy atom.